The lowest BCUT2D eigenvalue weighted by atomic mass is 10.0. The average molecular weight is 511 g/mol. The van der Waals surface area contributed by atoms with E-state index in [-0.39, 0.29) is 35.5 Å². The number of hydrogen-bond donors (Lipinski definition) is 1. The number of halogens is 3. The van der Waals surface area contributed by atoms with Crippen LogP contribution in [0.15, 0.2) is 60.9 Å². The van der Waals surface area contributed by atoms with Crippen molar-refractivity contribution in [1.29, 1.82) is 0 Å². The number of fused-ring (bicyclic) bond motifs is 1. The van der Waals surface area contributed by atoms with Crippen molar-refractivity contribution in [3.8, 4) is 5.75 Å². The van der Waals surface area contributed by atoms with Gasteiger partial charge in [0.15, 0.2) is 5.82 Å². The van der Waals surface area contributed by atoms with Crippen molar-refractivity contribution in [2.45, 2.75) is 18.6 Å². The summed E-state index contributed by atoms with van der Waals surface area (Å²) < 4.78 is 45.4. The van der Waals surface area contributed by atoms with Gasteiger partial charge in [-0.1, -0.05) is 30.3 Å². The van der Waals surface area contributed by atoms with Gasteiger partial charge < -0.3 is 9.64 Å². The van der Waals surface area contributed by atoms with Gasteiger partial charge in [-0.15, -0.1) is 0 Å². The van der Waals surface area contributed by atoms with Gasteiger partial charge >= 0.3 is 6.18 Å². The number of hydrogen-bond acceptors (Lipinski definition) is 7. The maximum atomic E-state index is 13.4. The number of carbonyl (C=O) groups excluding carboxylic acids is 1. The smallest absolute Gasteiger partial charge is 0.433 e. The zero-order valence-corrected chi connectivity index (χ0v) is 20.1. The number of carbonyl (C=O) groups is 1. The van der Waals surface area contributed by atoms with Gasteiger partial charge in [-0.25, -0.2) is 9.97 Å². The highest BCUT2D eigenvalue weighted by atomic mass is 19.4. The first kappa shape index (κ1) is 24.7. The number of methoxy groups -OCH3 is 1. The van der Waals surface area contributed by atoms with Gasteiger partial charge in [0.2, 0.25) is 5.78 Å². The molecule has 8 nitrogen and oxygen atoms in total. The molecule has 37 heavy (non-hydrogen) atoms. The molecule has 1 saturated heterocycles. The van der Waals surface area contributed by atoms with E-state index in [0.717, 1.165) is 17.3 Å². The zero-order valence-electron chi connectivity index (χ0n) is 20.1. The van der Waals surface area contributed by atoms with E-state index in [1.807, 2.05) is 36.4 Å². The van der Waals surface area contributed by atoms with Crippen LogP contribution in [0, 0.1) is 0 Å². The minimum absolute atomic E-state index is 0.0254. The number of H-pyrrole nitrogens is 1. The predicted octanol–water partition coefficient (Wildman–Crippen LogP) is 4.00. The predicted molar refractivity (Wildman–Crippen MR) is 132 cm³/mol. The molecule has 2 aromatic heterocycles. The fraction of sp³-hybridized carbons (Fsp3) is 0.308. The quantitative estimate of drug-likeness (QED) is 0.376. The molecule has 192 valence electrons. The largest absolute Gasteiger partial charge is 0.494 e. The molecular formula is C26H25F3N6O2. The number of aromatic nitrogens is 4. The highest BCUT2D eigenvalue weighted by Crippen LogP contribution is 2.37. The van der Waals surface area contributed by atoms with Crippen molar-refractivity contribution in [3.05, 3.63) is 78.0 Å². The number of ketones is 1. The third-order valence-electron chi connectivity index (χ3n) is 6.59. The normalized spacial score (nSPS) is 16.8. The monoisotopic (exact) mass is 510 g/mol. The molecule has 5 rings (SSSR count). The Morgan fingerprint density at radius 2 is 1.92 bits per heavy atom. The molecule has 1 fully saturated rings. The highest BCUT2D eigenvalue weighted by Gasteiger charge is 2.34. The summed E-state index contributed by atoms with van der Waals surface area (Å²) in [5, 5.41) is 6.97. The Hall–Kier alpha value is -3.99. The zero-order chi connectivity index (χ0) is 26.0. The van der Waals surface area contributed by atoms with Gasteiger partial charge in [-0.3, -0.25) is 14.8 Å². The Morgan fingerprint density at radius 3 is 2.62 bits per heavy atom. The van der Waals surface area contributed by atoms with Crippen LogP contribution in [0.4, 0.5) is 18.9 Å². The van der Waals surface area contributed by atoms with Crippen LogP contribution in [-0.4, -0.2) is 70.2 Å². The number of nitrogens with zero attached hydrogens (tertiary/aromatic N) is 5. The fourth-order valence-corrected chi connectivity index (χ4v) is 4.77. The molecule has 0 spiro atoms. The van der Waals surface area contributed by atoms with Gasteiger partial charge in [0, 0.05) is 36.7 Å². The summed E-state index contributed by atoms with van der Waals surface area (Å²) in [4.78, 5) is 24.9. The summed E-state index contributed by atoms with van der Waals surface area (Å²) in [6.07, 6.45) is -2.55. The van der Waals surface area contributed by atoms with E-state index in [2.05, 4.69) is 30.0 Å². The minimum Gasteiger partial charge on any atom is -0.494 e. The van der Waals surface area contributed by atoms with Crippen LogP contribution in [0.25, 0.3) is 10.9 Å². The molecule has 1 atom stereocenters. The molecular weight excluding hydrogens is 485 g/mol. The number of rotatable bonds is 7. The van der Waals surface area contributed by atoms with Crippen LogP contribution in [0.2, 0.25) is 0 Å². The number of Topliss-reactive ketones (excluding diaryl/α,β-unsaturated/α-hetero) is 1. The number of ether oxygens (including phenoxy) is 1. The molecule has 4 aromatic rings. The second-order valence-electron chi connectivity index (χ2n) is 8.89. The Labute approximate surface area is 211 Å². The lowest BCUT2D eigenvalue weighted by Crippen LogP contribution is -2.55. The molecule has 0 bridgehead atoms. The van der Waals surface area contributed by atoms with Crippen LogP contribution in [0.5, 0.6) is 5.75 Å². The number of alkyl halides is 3. The van der Waals surface area contributed by atoms with Crippen molar-refractivity contribution in [3.63, 3.8) is 0 Å². The Kier molecular flexibility index (Phi) is 6.79. The summed E-state index contributed by atoms with van der Waals surface area (Å²) in [7, 11) is 1.41. The van der Waals surface area contributed by atoms with Crippen LogP contribution in [0.1, 0.15) is 21.9 Å². The first-order chi connectivity index (χ1) is 17.8. The van der Waals surface area contributed by atoms with Crippen LogP contribution < -0.4 is 9.64 Å². The summed E-state index contributed by atoms with van der Waals surface area (Å²) in [6, 6.07) is 15.9. The number of nitrogens with one attached hydrogen (secondary N) is 1. The van der Waals surface area contributed by atoms with Crippen LogP contribution in [0.3, 0.4) is 0 Å². The Bertz CT molecular complexity index is 1380. The van der Waals surface area contributed by atoms with E-state index < -0.39 is 11.9 Å². The topological polar surface area (TPSA) is 87.2 Å². The molecule has 0 saturated carbocycles. The van der Waals surface area contributed by atoms with Crippen molar-refractivity contribution in [2.75, 3.05) is 38.2 Å². The minimum atomic E-state index is -4.56. The molecule has 1 aliphatic rings. The third-order valence-corrected chi connectivity index (χ3v) is 6.59. The molecule has 0 radical (unpaired) electrons. The van der Waals surface area contributed by atoms with Gasteiger partial charge in [0.1, 0.15) is 23.3 Å². The summed E-state index contributed by atoms with van der Waals surface area (Å²) in [5.41, 5.74) is 1.10. The molecule has 3 heterocycles. The standard InChI is InChI=1S/C26H25F3N6O2/c1-37-22-9-8-20(19-7-10-23(26(27,28)29)32-24(19)22)35-12-11-34(15-21(36)25-30-16-31-33-25)18(14-35)13-17-5-3-2-4-6-17/h2-10,16,18H,11-15H2,1H3,(H,30,31,33)/t18-/m0/s1. The molecule has 2 aromatic carbocycles. The molecule has 11 heteroatoms. The van der Waals surface area contributed by atoms with Crippen LogP contribution in [-0.2, 0) is 12.6 Å². The van der Waals surface area contributed by atoms with E-state index in [1.165, 1.54) is 19.5 Å². The second kappa shape index (κ2) is 10.2. The summed E-state index contributed by atoms with van der Waals surface area (Å²) in [6.45, 7) is 1.91. The molecule has 1 aliphatic heterocycles. The van der Waals surface area contributed by atoms with E-state index >= 15 is 0 Å². The molecule has 0 aliphatic carbocycles. The molecule has 0 amide bonds. The number of anilines is 1. The number of benzene rings is 2. The lowest BCUT2D eigenvalue weighted by Gasteiger charge is -2.42. The van der Waals surface area contributed by atoms with Gasteiger partial charge in [-0.2, -0.15) is 18.3 Å². The van der Waals surface area contributed by atoms with E-state index in [0.29, 0.717) is 31.4 Å². The lowest BCUT2D eigenvalue weighted by molar-refractivity contribution is -0.140. The Balaban J connectivity index is 1.46. The third kappa shape index (κ3) is 5.26. The van der Waals surface area contributed by atoms with Crippen molar-refractivity contribution < 1.29 is 22.7 Å². The summed E-state index contributed by atoms with van der Waals surface area (Å²) in [5.74, 6) is 0.346. The van der Waals surface area contributed by atoms with E-state index in [4.69, 9.17) is 4.74 Å². The first-order valence-corrected chi connectivity index (χ1v) is 11.8. The highest BCUT2D eigenvalue weighted by molar-refractivity contribution is 5.96. The van der Waals surface area contributed by atoms with Gasteiger partial charge in [0.25, 0.3) is 0 Å². The van der Waals surface area contributed by atoms with E-state index in [1.54, 1.807) is 6.07 Å². The maximum absolute atomic E-state index is 13.4. The van der Waals surface area contributed by atoms with E-state index in [9.17, 15) is 18.0 Å². The maximum Gasteiger partial charge on any atom is 0.433 e. The fourth-order valence-electron chi connectivity index (χ4n) is 4.77. The number of aromatic amines is 1. The molecule has 1 N–H and O–H groups in total. The van der Waals surface area contributed by atoms with Crippen molar-refractivity contribution in [2.24, 2.45) is 0 Å². The van der Waals surface area contributed by atoms with Crippen LogP contribution >= 0.6 is 0 Å². The van der Waals surface area contributed by atoms with Gasteiger partial charge in [0.05, 0.1) is 13.7 Å². The Morgan fingerprint density at radius 1 is 1.11 bits per heavy atom. The van der Waals surface area contributed by atoms with Crippen molar-refractivity contribution in [1.82, 2.24) is 25.1 Å². The number of piperazine rings is 1. The first-order valence-electron chi connectivity index (χ1n) is 11.8. The average Bonchev–Trinajstić information content (AvgIpc) is 3.44. The van der Waals surface area contributed by atoms with Gasteiger partial charge in [-0.05, 0) is 36.2 Å². The summed E-state index contributed by atoms with van der Waals surface area (Å²) >= 11 is 0. The second-order valence-corrected chi connectivity index (χ2v) is 8.89. The molecule has 0 unspecified atom stereocenters. The number of pyridine rings is 1. The SMILES string of the molecule is COc1ccc(N2CCN(CC(=O)c3ncn[nH]3)[C@@H](Cc3ccccc3)C2)c2ccc(C(F)(F)F)nc12. The van der Waals surface area contributed by atoms with Crippen molar-refractivity contribution >= 4 is 22.4 Å².